The van der Waals surface area contributed by atoms with Gasteiger partial charge < -0.3 is 5.32 Å². The van der Waals surface area contributed by atoms with Gasteiger partial charge >= 0.3 is 0 Å². The van der Waals surface area contributed by atoms with Crippen molar-refractivity contribution in [2.75, 3.05) is 6.54 Å². The van der Waals surface area contributed by atoms with Gasteiger partial charge in [0.25, 0.3) is 5.56 Å². The van der Waals surface area contributed by atoms with Crippen LogP contribution < -0.4 is 10.9 Å². The molecule has 7 heteroatoms. The number of nitrogens with zero attached hydrogens (tertiary/aromatic N) is 3. The number of hydrogen-bond donors (Lipinski definition) is 1. The van der Waals surface area contributed by atoms with Crippen molar-refractivity contribution in [1.82, 2.24) is 14.9 Å². The van der Waals surface area contributed by atoms with Crippen molar-refractivity contribution in [3.8, 4) is 0 Å². The van der Waals surface area contributed by atoms with Crippen LogP contribution in [0.2, 0.25) is 0 Å². The fourth-order valence-electron chi connectivity index (χ4n) is 3.24. The zero-order valence-corrected chi connectivity index (χ0v) is 14.4. The number of benzene rings is 1. The molecule has 0 radical (unpaired) electrons. The van der Waals surface area contributed by atoms with Crippen LogP contribution in [0.3, 0.4) is 0 Å². The lowest BCUT2D eigenvalue weighted by Crippen LogP contribution is -2.26. The largest absolute Gasteiger partial charge is 0.312 e. The molecule has 1 atom stereocenters. The highest BCUT2D eigenvalue weighted by Crippen LogP contribution is 2.30. The summed E-state index contributed by atoms with van der Waals surface area (Å²) in [4.78, 5) is 22.6. The van der Waals surface area contributed by atoms with E-state index in [0.29, 0.717) is 10.9 Å². The number of thiophene rings is 1. The molecule has 1 aliphatic rings. The quantitative estimate of drug-likeness (QED) is 0.718. The van der Waals surface area contributed by atoms with Gasteiger partial charge in [-0.25, -0.2) is 14.2 Å². The van der Waals surface area contributed by atoms with Crippen molar-refractivity contribution in [1.29, 1.82) is 0 Å². The van der Waals surface area contributed by atoms with Crippen LogP contribution in [0.15, 0.2) is 29.3 Å². The second kappa shape index (κ2) is 6.06. The van der Waals surface area contributed by atoms with Crippen molar-refractivity contribution in [2.45, 2.75) is 25.9 Å². The van der Waals surface area contributed by atoms with Crippen molar-refractivity contribution >= 4 is 27.2 Å². The molecule has 126 valence electrons. The fourth-order valence-corrected chi connectivity index (χ4v) is 4.39. The fraction of sp³-hybridized carbons (Fsp3) is 0.278. The van der Waals surface area contributed by atoms with Gasteiger partial charge in [0.15, 0.2) is 0 Å². The lowest BCUT2D eigenvalue weighted by Gasteiger charge is -2.16. The smallest absolute Gasteiger partial charge is 0.262 e. The van der Waals surface area contributed by atoms with E-state index >= 15 is 0 Å². The predicted molar refractivity (Wildman–Crippen MR) is 95.8 cm³/mol. The van der Waals surface area contributed by atoms with Crippen molar-refractivity contribution < 1.29 is 4.39 Å². The molecule has 0 saturated heterocycles. The maximum absolute atomic E-state index is 13.9. The monoisotopic (exact) mass is 354 g/mol. The minimum absolute atomic E-state index is 0.0173. The molecule has 2 aromatic heterocycles. The van der Waals surface area contributed by atoms with Crippen molar-refractivity contribution in [3.05, 3.63) is 68.1 Å². The average molecular weight is 354 g/mol. The molecule has 25 heavy (non-hydrogen) atoms. The number of aromatic nitrogens is 2. The number of hydrogen-bond acceptors (Lipinski definition) is 4. The van der Waals surface area contributed by atoms with Crippen LogP contribution >= 0.6 is 11.3 Å². The van der Waals surface area contributed by atoms with Crippen LogP contribution in [0, 0.1) is 12.4 Å². The number of fused-ring (bicyclic) bond motifs is 3. The van der Waals surface area contributed by atoms with Gasteiger partial charge in [0.05, 0.1) is 24.3 Å². The summed E-state index contributed by atoms with van der Waals surface area (Å²) in [5, 5.41) is 4.00. The number of halogens is 1. The maximum Gasteiger partial charge on any atom is 0.262 e. The molecule has 0 spiro atoms. The van der Waals surface area contributed by atoms with E-state index in [1.807, 2.05) is 6.92 Å². The van der Waals surface area contributed by atoms with E-state index < -0.39 is 5.82 Å². The van der Waals surface area contributed by atoms with Crippen molar-refractivity contribution in [3.63, 3.8) is 0 Å². The van der Waals surface area contributed by atoms with Crippen molar-refractivity contribution in [2.24, 2.45) is 0 Å². The number of nitrogens with one attached hydrogen (secondary N) is 1. The second-order valence-electron chi connectivity index (χ2n) is 6.07. The first kappa shape index (κ1) is 15.9. The molecule has 3 aromatic rings. The summed E-state index contributed by atoms with van der Waals surface area (Å²) >= 11 is 1.56. The number of rotatable bonds is 2. The molecule has 1 N–H and O–H groups in total. The molecular weight excluding hydrogens is 339 g/mol. The lowest BCUT2D eigenvalue weighted by atomic mass is 10.1. The molecule has 0 bridgehead atoms. The van der Waals surface area contributed by atoms with Gasteiger partial charge in [0, 0.05) is 11.4 Å². The molecule has 0 aliphatic carbocycles. The van der Waals surface area contributed by atoms with Gasteiger partial charge in [-0.15, -0.1) is 11.3 Å². The molecule has 5 nitrogen and oxygen atoms in total. The van der Waals surface area contributed by atoms with E-state index in [-0.39, 0.29) is 17.3 Å². The van der Waals surface area contributed by atoms with E-state index in [9.17, 15) is 9.18 Å². The zero-order valence-electron chi connectivity index (χ0n) is 13.5. The highest BCUT2D eigenvalue weighted by molar-refractivity contribution is 7.18. The first-order chi connectivity index (χ1) is 12.1. The third-order valence-corrected chi connectivity index (χ3v) is 5.79. The van der Waals surface area contributed by atoms with Crippen LogP contribution in [-0.4, -0.2) is 16.1 Å². The molecule has 0 amide bonds. The first-order valence-corrected chi connectivity index (χ1v) is 8.81. The van der Waals surface area contributed by atoms with E-state index in [0.717, 1.165) is 29.9 Å². The summed E-state index contributed by atoms with van der Waals surface area (Å²) in [6.07, 6.45) is 2.35. The summed E-state index contributed by atoms with van der Waals surface area (Å²) in [5.41, 5.74) is 1.62. The summed E-state index contributed by atoms with van der Waals surface area (Å²) in [6.45, 7) is 10.4. The minimum atomic E-state index is -0.569. The van der Waals surface area contributed by atoms with Gasteiger partial charge in [-0.1, -0.05) is 12.1 Å². The van der Waals surface area contributed by atoms with Crippen LogP contribution in [0.1, 0.15) is 29.0 Å². The van der Waals surface area contributed by atoms with E-state index in [1.165, 1.54) is 23.3 Å². The third-order valence-electron chi connectivity index (χ3n) is 4.65. The lowest BCUT2D eigenvalue weighted by molar-refractivity contribution is 0.591. The Morgan fingerprint density at radius 1 is 1.48 bits per heavy atom. The molecule has 0 saturated carbocycles. The Kier molecular flexibility index (Phi) is 3.86. The molecule has 0 unspecified atom stereocenters. The molecule has 1 aliphatic heterocycles. The Labute approximate surface area is 147 Å². The summed E-state index contributed by atoms with van der Waals surface area (Å²) in [5.74, 6) is -0.569. The Morgan fingerprint density at radius 3 is 3.08 bits per heavy atom. The topological polar surface area (TPSA) is 51.3 Å². The van der Waals surface area contributed by atoms with Gasteiger partial charge in [-0.05, 0) is 37.1 Å². The van der Waals surface area contributed by atoms with E-state index in [1.54, 1.807) is 22.0 Å². The zero-order chi connectivity index (χ0) is 17.6. The summed E-state index contributed by atoms with van der Waals surface area (Å²) in [7, 11) is 0. The normalized spacial score (nSPS) is 14.9. The van der Waals surface area contributed by atoms with Gasteiger partial charge in [0.2, 0.25) is 5.69 Å². The highest BCUT2D eigenvalue weighted by atomic mass is 32.1. The summed E-state index contributed by atoms with van der Waals surface area (Å²) < 4.78 is 15.5. The Bertz CT molecular complexity index is 1080. The van der Waals surface area contributed by atoms with E-state index in [2.05, 4.69) is 15.1 Å². The van der Waals surface area contributed by atoms with Crippen LogP contribution in [-0.2, 0) is 13.0 Å². The highest BCUT2D eigenvalue weighted by Gasteiger charge is 2.21. The Hall–Kier alpha value is -2.56. The van der Waals surface area contributed by atoms with Crippen LogP contribution in [0.25, 0.3) is 15.1 Å². The van der Waals surface area contributed by atoms with Gasteiger partial charge in [-0.2, -0.15) is 0 Å². The Balaban J connectivity index is 1.84. The van der Waals surface area contributed by atoms with Crippen LogP contribution in [0.5, 0.6) is 0 Å². The summed E-state index contributed by atoms with van der Waals surface area (Å²) in [6, 6.07) is 4.09. The SMILES string of the molecule is [C-]#[N+]c1ccc([C@@H](C)n2cnc3sc4c(c3c2=O)CCNC4)cc1F. The molecule has 1 aromatic carbocycles. The maximum atomic E-state index is 13.9. The second-order valence-corrected chi connectivity index (χ2v) is 7.15. The predicted octanol–water partition coefficient (Wildman–Crippen LogP) is 3.40. The Morgan fingerprint density at radius 2 is 2.32 bits per heavy atom. The molecule has 0 fully saturated rings. The van der Waals surface area contributed by atoms with E-state index in [4.69, 9.17) is 6.57 Å². The molecule has 3 heterocycles. The average Bonchev–Trinajstić information content (AvgIpc) is 3.00. The van der Waals surface area contributed by atoms with Gasteiger partial charge in [0.1, 0.15) is 10.6 Å². The standard InChI is InChI=1S/C18H15FN4OS/c1-10(11-3-4-14(20-2)13(19)7-11)23-9-22-17-16(18(23)24)12-5-6-21-8-15(12)25-17/h3-4,7,9-10,21H,5-6,8H2,1H3/t10-/m1/s1. The molecule has 4 rings (SSSR count). The first-order valence-electron chi connectivity index (χ1n) is 7.99. The molecular formula is C18H15FN4OS. The van der Waals surface area contributed by atoms with Gasteiger partial charge in [-0.3, -0.25) is 9.36 Å². The third kappa shape index (κ3) is 2.54. The minimum Gasteiger partial charge on any atom is -0.312 e. The van der Waals surface area contributed by atoms with Crippen LogP contribution in [0.4, 0.5) is 10.1 Å².